The summed E-state index contributed by atoms with van der Waals surface area (Å²) in [5.74, 6) is -1.27. The van der Waals surface area contributed by atoms with Crippen LogP contribution in [0.5, 0.6) is 0 Å². The highest BCUT2D eigenvalue weighted by atomic mass is 19.1. The summed E-state index contributed by atoms with van der Waals surface area (Å²) in [6.07, 6.45) is 2.42. The Labute approximate surface area is 93.3 Å². The van der Waals surface area contributed by atoms with Crippen molar-refractivity contribution < 1.29 is 14.3 Å². The minimum Gasteiger partial charge on any atom is -0.478 e. The molecule has 0 saturated heterocycles. The average Bonchev–Trinajstić information content (AvgIpc) is 3.03. The Balaban J connectivity index is 2.15. The van der Waals surface area contributed by atoms with E-state index in [0.29, 0.717) is 17.6 Å². The molecule has 1 aliphatic rings. The van der Waals surface area contributed by atoms with Crippen molar-refractivity contribution in [2.75, 3.05) is 5.32 Å². The maximum absolute atomic E-state index is 13.1. The van der Waals surface area contributed by atoms with Gasteiger partial charge in [0.1, 0.15) is 5.82 Å². The lowest BCUT2D eigenvalue weighted by Crippen LogP contribution is -2.17. The molecule has 1 aliphatic carbocycles. The van der Waals surface area contributed by atoms with Gasteiger partial charge in [0.2, 0.25) is 0 Å². The minimum absolute atomic E-state index is 0.284. The number of nitrogens with one attached hydrogen (secondary N) is 1. The average molecular weight is 223 g/mol. The Kier molecular flexibility index (Phi) is 2.81. The van der Waals surface area contributed by atoms with Crippen LogP contribution in [0.2, 0.25) is 0 Å². The summed E-state index contributed by atoms with van der Waals surface area (Å²) in [6.45, 7) is 2.06. The molecule has 16 heavy (non-hydrogen) atoms. The van der Waals surface area contributed by atoms with Crippen LogP contribution in [-0.2, 0) is 0 Å². The fraction of sp³-hybridized carbons (Fsp3) is 0.417. The van der Waals surface area contributed by atoms with E-state index in [0.717, 1.165) is 0 Å². The number of carboxylic acids is 1. The molecule has 2 rings (SSSR count). The molecular weight excluding hydrogens is 209 g/mol. The fourth-order valence-corrected chi connectivity index (χ4v) is 1.76. The monoisotopic (exact) mass is 223 g/mol. The molecule has 1 aromatic carbocycles. The van der Waals surface area contributed by atoms with Crippen molar-refractivity contribution in [3.8, 4) is 0 Å². The smallest absolute Gasteiger partial charge is 0.338 e. The van der Waals surface area contributed by atoms with E-state index in [1.165, 1.54) is 25.0 Å². The molecule has 1 saturated carbocycles. The normalized spacial score (nSPS) is 16.9. The summed E-state index contributed by atoms with van der Waals surface area (Å²) >= 11 is 0. The SMILES string of the molecule is CC(Nc1ccc(F)c(C(=O)O)c1)C1CC1. The van der Waals surface area contributed by atoms with Crippen molar-refractivity contribution in [1.82, 2.24) is 0 Å². The predicted octanol–water partition coefficient (Wildman–Crippen LogP) is 2.73. The molecule has 0 bridgehead atoms. The lowest BCUT2D eigenvalue weighted by atomic mass is 10.1. The van der Waals surface area contributed by atoms with Gasteiger partial charge in [-0.1, -0.05) is 0 Å². The summed E-state index contributed by atoms with van der Waals surface area (Å²) < 4.78 is 13.1. The molecule has 1 fully saturated rings. The molecule has 3 nitrogen and oxygen atoms in total. The van der Waals surface area contributed by atoms with Crippen LogP contribution in [0.4, 0.5) is 10.1 Å². The quantitative estimate of drug-likeness (QED) is 0.825. The van der Waals surface area contributed by atoms with E-state index in [-0.39, 0.29) is 5.56 Å². The molecule has 1 aromatic rings. The number of aromatic carboxylic acids is 1. The van der Waals surface area contributed by atoms with Gasteiger partial charge in [-0.05, 0) is 43.9 Å². The van der Waals surface area contributed by atoms with E-state index in [4.69, 9.17) is 5.11 Å². The second kappa shape index (κ2) is 4.12. The summed E-state index contributed by atoms with van der Waals surface area (Å²) in [4.78, 5) is 10.7. The third-order valence-corrected chi connectivity index (χ3v) is 2.92. The number of rotatable bonds is 4. The van der Waals surface area contributed by atoms with Crippen LogP contribution in [0.1, 0.15) is 30.1 Å². The van der Waals surface area contributed by atoms with Crippen LogP contribution in [0, 0.1) is 11.7 Å². The molecule has 1 unspecified atom stereocenters. The van der Waals surface area contributed by atoms with E-state index >= 15 is 0 Å². The van der Waals surface area contributed by atoms with Gasteiger partial charge in [-0.3, -0.25) is 0 Å². The Morgan fingerprint density at radius 3 is 2.81 bits per heavy atom. The first-order chi connectivity index (χ1) is 7.58. The molecule has 1 atom stereocenters. The molecule has 4 heteroatoms. The van der Waals surface area contributed by atoms with E-state index in [1.54, 1.807) is 6.07 Å². The second-order valence-corrected chi connectivity index (χ2v) is 4.27. The van der Waals surface area contributed by atoms with Crippen molar-refractivity contribution in [2.45, 2.75) is 25.8 Å². The number of hydrogen-bond donors (Lipinski definition) is 2. The standard InChI is InChI=1S/C12H14FNO2/c1-7(8-2-3-8)14-9-4-5-11(13)10(6-9)12(15)16/h4-8,14H,2-3H2,1H3,(H,15,16). The van der Waals surface area contributed by atoms with Crippen molar-refractivity contribution in [3.63, 3.8) is 0 Å². The summed E-state index contributed by atoms with van der Waals surface area (Å²) in [6, 6.07) is 4.41. The first kappa shape index (κ1) is 10.9. The fourth-order valence-electron chi connectivity index (χ4n) is 1.76. The van der Waals surface area contributed by atoms with Gasteiger partial charge in [-0.2, -0.15) is 0 Å². The minimum atomic E-state index is -1.24. The molecule has 0 heterocycles. The maximum atomic E-state index is 13.1. The van der Waals surface area contributed by atoms with E-state index in [9.17, 15) is 9.18 Å². The summed E-state index contributed by atoms with van der Waals surface area (Å²) in [5.41, 5.74) is 0.381. The molecule has 86 valence electrons. The zero-order valence-electron chi connectivity index (χ0n) is 9.03. The Hall–Kier alpha value is -1.58. The van der Waals surface area contributed by atoms with Crippen LogP contribution in [0.25, 0.3) is 0 Å². The third-order valence-electron chi connectivity index (χ3n) is 2.92. The van der Waals surface area contributed by atoms with Gasteiger partial charge < -0.3 is 10.4 Å². The lowest BCUT2D eigenvalue weighted by molar-refractivity contribution is 0.0692. The van der Waals surface area contributed by atoms with Gasteiger partial charge in [0.05, 0.1) is 5.56 Å². The Morgan fingerprint density at radius 2 is 2.25 bits per heavy atom. The van der Waals surface area contributed by atoms with Gasteiger partial charge in [0.25, 0.3) is 0 Å². The van der Waals surface area contributed by atoms with E-state index < -0.39 is 11.8 Å². The van der Waals surface area contributed by atoms with Crippen LogP contribution in [0.3, 0.4) is 0 Å². The predicted molar refractivity (Wildman–Crippen MR) is 59.2 cm³/mol. The van der Waals surface area contributed by atoms with Crippen molar-refractivity contribution >= 4 is 11.7 Å². The summed E-state index contributed by atoms with van der Waals surface area (Å²) in [7, 11) is 0. The zero-order valence-corrected chi connectivity index (χ0v) is 9.03. The Morgan fingerprint density at radius 1 is 1.56 bits per heavy atom. The molecule has 0 radical (unpaired) electrons. The molecule has 0 spiro atoms. The molecule has 0 aromatic heterocycles. The molecule has 0 amide bonds. The topological polar surface area (TPSA) is 49.3 Å². The van der Waals surface area contributed by atoms with Gasteiger partial charge in [-0.25, -0.2) is 9.18 Å². The van der Waals surface area contributed by atoms with Gasteiger partial charge in [0.15, 0.2) is 0 Å². The highest BCUT2D eigenvalue weighted by Gasteiger charge is 2.27. The van der Waals surface area contributed by atoms with Crippen LogP contribution in [0.15, 0.2) is 18.2 Å². The maximum Gasteiger partial charge on any atom is 0.338 e. The lowest BCUT2D eigenvalue weighted by Gasteiger charge is -2.14. The number of anilines is 1. The molecule has 0 aliphatic heterocycles. The number of carbonyl (C=O) groups is 1. The van der Waals surface area contributed by atoms with Crippen molar-refractivity contribution in [2.24, 2.45) is 5.92 Å². The number of carboxylic acid groups (broad SMARTS) is 1. The second-order valence-electron chi connectivity index (χ2n) is 4.27. The number of benzene rings is 1. The zero-order chi connectivity index (χ0) is 11.7. The summed E-state index contributed by atoms with van der Waals surface area (Å²) in [5, 5.41) is 12.0. The van der Waals surface area contributed by atoms with Gasteiger partial charge >= 0.3 is 5.97 Å². The highest BCUT2D eigenvalue weighted by Crippen LogP contribution is 2.34. The number of halogens is 1. The van der Waals surface area contributed by atoms with Gasteiger partial charge in [0, 0.05) is 11.7 Å². The van der Waals surface area contributed by atoms with Crippen molar-refractivity contribution in [1.29, 1.82) is 0 Å². The highest BCUT2D eigenvalue weighted by molar-refractivity contribution is 5.89. The van der Waals surface area contributed by atoms with Crippen LogP contribution in [-0.4, -0.2) is 17.1 Å². The van der Waals surface area contributed by atoms with Crippen molar-refractivity contribution in [3.05, 3.63) is 29.6 Å². The van der Waals surface area contributed by atoms with Crippen LogP contribution < -0.4 is 5.32 Å². The Bertz CT molecular complexity index is 415. The third kappa shape index (κ3) is 2.32. The number of hydrogen-bond acceptors (Lipinski definition) is 2. The first-order valence-electron chi connectivity index (χ1n) is 5.37. The first-order valence-corrected chi connectivity index (χ1v) is 5.37. The largest absolute Gasteiger partial charge is 0.478 e. The van der Waals surface area contributed by atoms with E-state index in [1.807, 2.05) is 0 Å². The molecular formula is C12H14FNO2. The van der Waals surface area contributed by atoms with Crippen LogP contribution >= 0.6 is 0 Å². The van der Waals surface area contributed by atoms with E-state index in [2.05, 4.69) is 12.2 Å². The molecule has 2 N–H and O–H groups in total. The van der Waals surface area contributed by atoms with Gasteiger partial charge in [-0.15, -0.1) is 0 Å².